The first-order valence-corrected chi connectivity index (χ1v) is 8.83. The Hall–Kier alpha value is -2.92. The summed E-state index contributed by atoms with van der Waals surface area (Å²) in [6, 6.07) is 17.1. The van der Waals surface area contributed by atoms with Crippen molar-refractivity contribution in [2.45, 2.75) is 25.8 Å². The zero-order chi connectivity index (χ0) is 18.7. The minimum Gasteiger partial charge on any atom is -0.344 e. The predicted molar refractivity (Wildman–Crippen MR) is 102 cm³/mol. The first-order chi connectivity index (χ1) is 12.5. The number of benzene rings is 2. The van der Waals surface area contributed by atoms with Gasteiger partial charge in [0.1, 0.15) is 5.69 Å². The second-order valence-electron chi connectivity index (χ2n) is 6.51. The van der Waals surface area contributed by atoms with Gasteiger partial charge in [-0.05, 0) is 36.2 Å². The molecule has 0 aliphatic rings. The van der Waals surface area contributed by atoms with Crippen molar-refractivity contribution < 1.29 is 15.3 Å². The molecule has 3 aromatic rings. The van der Waals surface area contributed by atoms with Crippen LogP contribution < -0.4 is 11.1 Å². The molecule has 1 atom stereocenters. The zero-order valence-electron chi connectivity index (χ0n) is 15.2. The Labute approximate surface area is 152 Å². The van der Waals surface area contributed by atoms with Gasteiger partial charge in [0.05, 0.1) is 11.6 Å². The monoisotopic (exact) mass is 350 g/mol. The van der Waals surface area contributed by atoms with Gasteiger partial charge >= 0.3 is 5.91 Å². The molecule has 0 bridgehead atoms. The molecule has 0 aliphatic carbocycles. The van der Waals surface area contributed by atoms with E-state index in [4.69, 9.17) is 0 Å². The summed E-state index contributed by atoms with van der Waals surface area (Å²) in [6.45, 7) is 2.09. The maximum atomic E-state index is 12.9. The summed E-state index contributed by atoms with van der Waals surface area (Å²) < 4.78 is 1.91. The molecule has 1 unspecified atom stereocenters. The normalized spacial score (nSPS) is 12.1. The molecule has 2 amide bonds. The third-order valence-corrected chi connectivity index (χ3v) is 4.70. The lowest BCUT2D eigenvalue weighted by Gasteiger charge is -2.19. The highest BCUT2D eigenvalue weighted by molar-refractivity contribution is 5.98. The summed E-state index contributed by atoms with van der Waals surface area (Å²) in [5, 5.41) is 4.19. The second kappa shape index (κ2) is 7.54. The van der Waals surface area contributed by atoms with Crippen LogP contribution in [0.3, 0.4) is 0 Å². The van der Waals surface area contributed by atoms with Crippen LogP contribution in [0, 0.1) is 0 Å². The highest BCUT2D eigenvalue weighted by Crippen LogP contribution is 2.22. The van der Waals surface area contributed by atoms with Crippen molar-refractivity contribution in [3.8, 4) is 0 Å². The van der Waals surface area contributed by atoms with Gasteiger partial charge in [-0.1, -0.05) is 43.7 Å². The van der Waals surface area contributed by atoms with Crippen LogP contribution in [0.2, 0.25) is 0 Å². The van der Waals surface area contributed by atoms with Gasteiger partial charge in [-0.15, -0.1) is 0 Å². The van der Waals surface area contributed by atoms with Gasteiger partial charge in [0.25, 0.3) is 5.91 Å². The number of para-hydroxylation sites is 1. The quantitative estimate of drug-likeness (QED) is 0.717. The zero-order valence-corrected chi connectivity index (χ0v) is 15.2. The van der Waals surface area contributed by atoms with Crippen LogP contribution in [0.4, 0.5) is 0 Å². The topological polar surface area (TPSA) is 78.7 Å². The van der Waals surface area contributed by atoms with Crippen molar-refractivity contribution in [2.24, 2.45) is 7.05 Å². The standard InChI is InChI=1S/C21H23N3O2/c1-3-6-17(14-9-11-15(12-10-14)20(22)25)23-21(26)19-13-16-7-4-5-8-18(16)24(19)2/h4-5,7-13,17H,3,6H2,1-2H3,(H2,22,25)(H,23,26)/p+1. The van der Waals surface area contributed by atoms with Gasteiger partial charge in [-0.2, -0.15) is 0 Å². The van der Waals surface area contributed by atoms with Crippen LogP contribution in [0.1, 0.15) is 52.2 Å². The number of quaternary nitrogens is 1. The van der Waals surface area contributed by atoms with Crippen molar-refractivity contribution in [3.05, 3.63) is 71.4 Å². The van der Waals surface area contributed by atoms with Gasteiger partial charge in [0, 0.05) is 18.0 Å². The number of rotatable bonds is 6. The van der Waals surface area contributed by atoms with Gasteiger partial charge in [0.15, 0.2) is 0 Å². The number of aromatic nitrogens is 1. The van der Waals surface area contributed by atoms with Crippen molar-refractivity contribution in [1.82, 2.24) is 9.88 Å². The molecule has 0 radical (unpaired) electrons. The third kappa shape index (κ3) is 3.53. The van der Waals surface area contributed by atoms with Crippen LogP contribution in [-0.4, -0.2) is 16.4 Å². The summed E-state index contributed by atoms with van der Waals surface area (Å²) >= 11 is 0. The number of nitrogens with zero attached hydrogens (tertiary/aromatic N) is 1. The summed E-state index contributed by atoms with van der Waals surface area (Å²) in [6.07, 6.45) is 1.77. The Bertz CT molecular complexity index is 942. The Balaban J connectivity index is 1.85. The SMILES string of the molecule is CCCC(NC(=O)c1cc2ccccc2n1C)c1ccc(C([NH3+])=O)cc1. The van der Waals surface area contributed by atoms with E-state index in [1.807, 2.05) is 54.1 Å². The average molecular weight is 350 g/mol. The smallest absolute Gasteiger partial charge is 0.340 e. The van der Waals surface area contributed by atoms with Crippen molar-refractivity contribution >= 4 is 22.7 Å². The van der Waals surface area contributed by atoms with Crippen LogP contribution in [-0.2, 0) is 7.05 Å². The molecule has 5 heteroatoms. The molecular weight excluding hydrogens is 326 g/mol. The minimum atomic E-state index is -0.205. The number of amides is 2. The number of carbonyl (C=O) groups excluding carboxylic acids is 2. The summed E-state index contributed by atoms with van der Waals surface area (Å²) in [7, 11) is 1.90. The fourth-order valence-electron chi connectivity index (χ4n) is 3.25. The van der Waals surface area contributed by atoms with E-state index in [1.54, 1.807) is 12.1 Å². The fraction of sp³-hybridized carbons (Fsp3) is 0.238. The number of fused-ring (bicyclic) bond motifs is 1. The van der Waals surface area contributed by atoms with Crippen LogP contribution in [0.25, 0.3) is 10.9 Å². The van der Waals surface area contributed by atoms with Crippen molar-refractivity contribution in [2.75, 3.05) is 0 Å². The molecule has 0 spiro atoms. The fourth-order valence-corrected chi connectivity index (χ4v) is 3.25. The van der Waals surface area contributed by atoms with Crippen LogP contribution >= 0.6 is 0 Å². The molecule has 26 heavy (non-hydrogen) atoms. The molecule has 0 saturated carbocycles. The maximum Gasteiger partial charge on any atom is 0.340 e. The molecule has 3 rings (SSSR count). The minimum absolute atomic E-state index is 0.0977. The first-order valence-electron chi connectivity index (χ1n) is 8.83. The average Bonchev–Trinajstić information content (AvgIpc) is 2.98. The van der Waals surface area contributed by atoms with E-state index in [0.717, 1.165) is 29.3 Å². The second-order valence-corrected chi connectivity index (χ2v) is 6.51. The molecule has 134 valence electrons. The van der Waals surface area contributed by atoms with E-state index in [9.17, 15) is 9.59 Å². The molecular formula is C21H24N3O2+. The molecule has 0 aliphatic heterocycles. The van der Waals surface area contributed by atoms with Gasteiger partial charge in [-0.25, -0.2) is 4.79 Å². The number of hydrogen-bond donors (Lipinski definition) is 2. The molecule has 5 nitrogen and oxygen atoms in total. The Morgan fingerprint density at radius 1 is 1.12 bits per heavy atom. The van der Waals surface area contributed by atoms with Gasteiger partial charge in [-0.3, -0.25) is 10.5 Å². The number of nitrogens with one attached hydrogen (secondary N) is 1. The molecule has 0 saturated heterocycles. The number of carbonyl (C=O) groups is 2. The lowest BCUT2D eigenvalue weighted by molar-refractivity contribution is -0.255. The summed E-state index contributed by atoms with van der Waals surface area (Å²) in [5.41, 5.74) is 6.66. The number of hydrogen-bond acceptors (Lipinski definition) is 2. The summed E-state index contributed by atoms with van der Waals surface area (Å²) in [5.74, 6) is -0.303. The van der Waals surface area contributed by atoms with E-state index in [2.05, 4.69) is 18.0 Å². The summed E-state index contributed by atoms with van der Waals surface area (Å²) in [4.78, 5) is 24.2. The van der Waals surface area contributed by atoms with Gasteiger partial charge < -0.3 is 9.88 Å². The highest BCUT2D eigenvalue weighted by atomic mass is 16.2. The first kappa shape index (κ1) is 17.9. The van der Waals surface area contributed by atoms with E-state index >= 15 is 0 Å². The maximum absolute atomic E-state index is 12.9. The molecule has 0 fully saturated rings. The van der Waals surface area contributed by atoms with E-state index in [0.29, 0.717) is 11.3 Å². The van der Waals surface area contributed by atoms with Crippen molar-refractivity contribution in [1.29, 1.82) is 0 Å². The Kier molecular flexibility index (Phi) is 5.19. The Morgan fingerprint density at radius 3 is 2.42 bits per heavy atom. The Morgan fingerprint density at radius 2 is 1.81 bits per heavy atom. The van der Waals surface area contributed by atoms with E-state index < -0.39 is 0 Å². The highest BCUT2D eigenvalue weighted by Gasteiger charge is 2.19. The largest absolute Gasteiger partial charge is 0.344 e. The van der Waals surface area contributed by atoms with Crippen LogP contribution in [0.5, 0.6) is 0 Å². The lowest BCUT2D eigenvalue weighted by Crippen LogP contribution is -2.56. The molecule has 4 N–H and O–H groups in total. The number of aryl methyl sites for hydroxylation is 1. The molecule has 1 aromatic heterocycles. The van der Waals surface area contributed by atoms with Crippen molar-refractivity contribution in [3.63, 3.8) is 0 Å². The third-order valence-electron chi connectivity index (χ3n) is 4.70. The lowest BCUT2D eigenvalue weighted by atomic mass is 10.0. The van der Waals surface area contributed by atoms with Gasteiger partial charge in [0.2, 0.25) is 0 Å². The molecule has 1 heterocycles. The van der Waals surface area contributed by atoms with E-state index in [-0.39, 0.29) is 17.9 Å². The predicted octanol–water partition coefficient (Wildman–Crippen LogP) is 2.83. The van der Waals surface area contributed by atoms with Crippen LogP contribution in [0.15, 0.2) is 54.6 Å². The van der Waals surface area contributed by atoms with E-state index in [1.165, 1.54) is 0 Å². The molecule has 2 aromatic carbocycles.